The van der Waals surface area contributed by atoms with E-state index >= 15 is 0 Å². The van der Waals surface area contributed by atoms with Crippen LogP contribution in [0.5, 0.6) is 5.75 Å². The van der Waals surface area contributed by atoms with Crippen molar-refractivity contribution in [1.82, 2.24) is 20.2 Å². The number of ether oxygens (including phenoxy) is 1. The molecule has 3 N–H and O–H groups in total. The number of benzene rings is 2. The van der Waals surface area contributed by atoms with E-state index in [1.165, 1.54) is 28.9 Å². The van der Waals surface area contributed by atoms with Gasteiger partial charge >= 0.3 is 6.61 Å². The molecule has 0 aliphatic rings. The van der Waals surface area contributed by atoms with E-state index in [1.807, 2.05) is 6.92 Å². The lowest BCUT2D eigenvalue weighted by Gasteiger charge is -2.15. The Morgan fingerprint density at radius 2 is 1.94 bits per heavy atom. The Balaban J connectivity index is 1.60. The highest BCUT2D eigenvalue weighted by atomic mass is 35.5. The van der Waals surface area contributed by atoms with Crippen LogP contribution in [0.15, 0.2) is 47.6 Å². The highest BCUT2D eigenvalue weighted by molar-refractivity contribution is 7.99. The highest BCUT2D eigenvalue weighted by Crippen LogP contribution is 2.27. The van der Waals surface area contributed by atoms with Gasteiger partial charge in [-0.25, -0.2) is 4.68 Å². The average molecular weight is 488 g/mol. The molecule has 1 amide bonds. The van der Waals surface area contributed by atoms with E-state index in [9.17, 15) is 13.6 Å². The smallest absolute Gasteiger partial charge is 0.387 e. The Morgan fingerprint density at radius 3 is 2.58 bits per heavy atom. The number of carbonyl (C=O) groups excluding carboxylic acids is 1. The van der Waals surface area contributed by atoms with Gasteiger partial charge in [-0.3, -0.25) is 4.79 Å². The number of hydrogen-bond acceptors (Lipinski definition) is 6. The number of halogens is 4. The molecule has 12 heteroatoms. The van der Waals surface area contributed by atoms with Crippen LogP contribution in [-0.4, -0.2) is 33.1 Å². The molecular formula is C19H17Cl2F2N5O2S. The molecule has 0 saturated heterocycles. The summed E-state index contributed by atoms with van der Waals surface area (Å²) in [4.78, 5) is 12.3. The van der Waals surface area contributed by atoms with Crippen molar-refractivity contribution < 1.29 is 18.3 Å². The summed E-state index contributed by atoms with van der Waals surface area (Å²) in [5.74, 6) is 6.15. The van der Waals surface area contributed by atoms with Crippen molar-refractivity contribution in [3.63, 3.8) is 0 Å². The van der Waals surface area contributed by atoms with Crippen molar-refractivity contribution in [1.29, 1.82) is 0 Å². The van der Waals surface area contributed by atoms with E-state index in [-0.39, 0.29) is 23.5 Å². The number of aromatic nitrogens is 3. The second-order valence-electron chi connectivity index (χ2n) is 6.32. The molecule has 3 aromatic rings. The SMILES string of the molecule is CC(NC(=O)CSc1nnc(-c2ccc(OC(F)F)cc2)n1N)c1ccc(Cl)cc1Cl. The maximum atomic E-state index is 12.3. The minimum atomic E-state index is -2.91. The fourth-order valence-corrected chi connectivity index (χ4v) is 3.94. The van der Waals surface area contributed by atoms with Crippen LogP contribution in [0.4, 0.5) is 8.78 Å². The van der Waals surface area contributed by atoms with Gasteiger partial charge in [-0.05, 0) is 48.9 Å². The summed E-state index contributed by atoms with van der Waals surface area (Å²) in [6.07, 6.45) is 0. The number of rotatable bonds is 8. The van der Waals surface area contributed by atoms with Crippen LogP contribution in [0.25, 0.3) is 11.4 Å². The molecule has 164 valence electrons. The van der Waals surface area contributed by atoms with E-state index in [0.29, 0.717) is 26.6 Å². The first-order valence-corrected chi connectivity index (χ1v) is 10.6. The summed E-state index contributed by atoms with van der Waals surface area (Å²) >= 11 is 13.2. The number of carbonyl (C=O) groups is 1. The third-order valence-electron chi connectivity index (χ3n) is 4.14. The first-order valence-electron chi connectivity index (χ1n) is 8.87. The number of hydrogen-bond donors (Lipinski definition) is 2. The maximum absolute atomic E-state index is 12.3. The summed E-state index contributed by atoms with van der Waals surface area (Å²) in [6, 6.07) is 10.6. The summed E-state index contributed by atoms with van der Waals surface area (Å²) < 4.78 is 30.0. The molecular weight excluding hydrogens is 471 g/mol. The van der Waals surface area contributed by atoms with Crippen molar-refractivity contribution in [2.24, 2.45) is 0 Å². The first-order chi connectivity index (χ1) is 14.7. The topological polar surface area (TPSA) is 95.1 Å². The molecule has 0 bridgehead atoms. The Morgan fingerprint density at radius 1 is 1.23 bits per heavy atom. The largest absolute Gasteiger partial charge is 0.435 e. The fraction of sp³-hybridized carbons (Fsp3) is 0.211. The van der Waals surface area contributed by atoms with Crippen LogP contribution < -0.4 is 15.9 Å². The van der Waals surface area contributed by atoms with Crippen LogP contribution in [0.1, 0.15) is 18.5 Å². The van der Waals surface area contributed by atoms with Crippen molar-refractivity contribution in [3.8, 4) is 17.1 Å². The van der Waals surface area contributed by atoms with Gasteiger partial charge in [0, 0.05) is 15.6 Å². The minimum absolute atomic E-state index is 0.0167. The number of amides is 1. The monoisotopic (exact) mass is 487 g/mol. The average Bonchev–Trinajstić information content (AvgIpc) is 3.07. The Labute approximate surface area is 190 Å². The molecule has 0 aliphatic heterocycles. The molecule has 1 aromatic heterocycles. The molecule has 0 saturated carbocycles. The van der Waals surface area contributed by atoms with Gasteiger partial charge in [-0.2, -0.15) is 8.78 Å². The predicted octanol–water partition coefficient (Wildman–Crippen LogP) is 4.54. The van der Waals surface area contributed by atoms with Crippen molar-refractivity contribution in [2.75, 3.05) is 11.6 Å². The number of nitrogen functional groups attached to an aromatic ring is 1. The second-order valence-corrected chi connectivity index (χ2v) is 8.11. The molecule has 1 atom stereocenters. The number of nitrogens with zero attached hydrogens (tertiary/aromatic N) is 3. The van der Waals surface area contributed by atoms with Gasteiger partial charge in [-0.1, -0.05) is 41.0 Å². The molecule has 7 nitrogen and oxygen atoms in total. The zero-order valence-corrected chi connectivity index (χ0v) is 18.4. The minimum Gasteiger partial charge on any atom is -0.435 e. The van der Waals surface area contributed by atoms with Gasteiger partial charge in [-0.15, -0.1) is 10.2 Å². The number of thioether (sulfide) groups is 1. The van der Waals surface area contributed by atoms with Gasteiger partial charge in [0.15, 0.2) is 5.82 Å². The maximum Gasteiger partial charge on any atom is 0.387 e. The normalized spacial score (nSPS) is 12.1. The van der Waals surface area contributed by atoms with E-state index in [1.54, 1.807) is 18.2 Å². The molecule has 1 unspecified atom stereocenters. The molecule has 1 heterocycles. The Hall–Kier alpha value is -2.56. The quantitative estimate of drug-likeness (QED) is 0.357. The molecule has 0 spiro atoms. The zero-order chi connectivity index (χ0) is 22.5. The summed E-state index contributed by atoms with van der Waals surface area (Å²) in [6.45, 7) is -1.10. The van der Waals surface area contributed by atoms with E-state index in [4.69, 9.17) is 29.0 Å². The van der Waals surface area contributed by atoms with Crippen LogP contribution in [-0.2, 0) is 4.79 Å². The van der Waals surface area contributed by atoms with Gasteiger partial charge in [0.05, 0.1) is 11.8 Å². The van der Waals surface area contributed by atoms with Crippen molar-refractivity contribution in [3.05, 3.63) is 58.1 Å². The summed E-state index contributed by atoms with van der Waals surface area (Å²) in [5.41, 5.74) is 1.30. The predicted molar refractivity (Wildman–Crippen MR) is 116 cm³/mol. The number of nitrogens with one attached hydrogen (secondary N) is 1. The Bertz CT molecular complexity index is 1070. The zero-order valence-electron chi connectivity index (χ0n) is 16.1. The molecule has 0 radical (unpaired) electrons. The number of nitrogens with two attached hydrogens (primary N) is 1. The second kappa shape index (κ2) is 10.2. The van der Waals surface area contributed by atoms with Crippen LogP contribution in [0.2, 0.25) is 10.0 Å². The van der Waals surface area contributed by atoms with Gasteiger partial charge < -0.3 is 15.9 Å². The fourth-order valence-electron chi connectivity index (χ4n) is 2.70. The van der Waals surface area contributed by atoms with Crippen molar-refractivity contribution in [2.45, 2.75) is 24.7 Å². The van der Waals surface area contributed by atoms with Gasteiger partial charge in [0.2, 0.25) is 11.1 Å². The first kappa shape index (κ1) is 23.1. The van der Waals surface area contributed by atoms with E-state index < -0.39 is 6.61 Å². The van der Waals surface area contributed by atoms with Gasteiger partial charge in [0.1, 0.15) is 5.75 Å². The van der Waals surface area contributed by atoms with Crippen LogP contribution in [0.3, 0.4) is 0 Å². The Kier molecular flexibility index (Phi) is 7.58. The standard InChI is InChI=1S/C19H17Cl2F2N5O2S/c1-10(14-7-4-12(20)8-15(14)21)25-16(29)9-31-19-27-26-17(28(19)24)11-2-5-13(6-3-11)30-18(22)23/h2-8,10,18H,9,24H2,1H3,(H,25,29). The third-order valence-corrected chi connectivity index (χ3v) is 5.65. The lowest BCUT2D eigenvalue weighted by Crippen LogP contribution is -2.28. The molecule has 3 rings (SSSR count). The lowest BCUT2D eigenvalue weighted by atomic mass is 10.1. The molecule has 0 fully saturated rings. The van der Waals surface area contributed by atoms with Crippen LogP contribution >= 0.6 is 35.0 Å². The third kappa shape index (κ3) is 5.99. The summed E-state index contributed by atoms with van der Waals surface area (Å²) in [7, 11) is 0. The van der Waals surface area contributed by atoms with E-state index in [2.05, 4.69) is 20.3 Å². The van der Waals surface area contributed by atoms with Gasteiger partial charge in [0.25, 0.3) is 0 Å². The lowest BCUT2D eigenvalue weighted by molar-refractivity contribution is -0.119. The van der Waals surface area contributed by atoms with Crippen molar-refractivity contribution >= 4 is 40.9 Å². The summed E-state index contributed by atoms with van der Waals surface area (Å²) in [5, 5.41) is 12.1. The molecule has 31 heavy (non-hydrogen) atoms. The molecule has 2 aromatic carbocycles. The highest BCUT2D eigenvalue weighted by Gasteiger charge is 2.17. The van der Waals surface area contributed by atoms with Crippen LogP contribution in [0, 0.1) is 0 Å². The van der Waals surface area contributed by atoms with E-state index in [0.717, 1.165) is 17.3 Å². The number of alkyl halides is 2. The molecule has 0 aliphatic carbocycles.